The van der Waals surface area contributed by atoms with Crippen LogP contribution in [-0.4, -0.2) is 31.1 Å². The number of amides is 1. The minimum Gasteiger partial charge on any atom is -0.490 e. The van der Waals surface area contributed by atoms with Crippen LogP contribution in [0.2, 0.25) is 5.02 Å². The number of rotatable bonds is 6. The molecule has 156 valence electrons. The van der Waals surface area contributed by atoms with E-state index < -0.39 is 6.04 Å². The third-order valence-corrected chi connectivity index (χ3v) is 5.34. The van der Waals surface area contributed by atoms with Gasteiger partial charge in [0.15, 0.2) is 16.9 Å². The maximum atomic E-state index is 13.3. The highest BCUT2D eigenvalue weighted by molar-refractivity contribution is 6.31. The van der Waals surface area contributed by atoms with Gasteiger partial charge in [0.1, 0.15) is 5.58 Å². The summed E-state index contributed by atoms with van der Waals surface area (Å²) in [6.45, 7) is 4.95. The van der Waals surface area contributed by atoms with Crippen molar-refractivity contribution in [2.24, 2.45) is 0 Å². The molecule has 0 saturated carbocycles. The molecule has 0 aliphatic carbocycles. The summed E-state index contributed by atoms with van der Waals surface area (Å²) in [5.41, 5.74) is 1.12. The lowest BCUT2D eigenvalue weighted by Crippen LogP contribution is -2.25. The number of fused-ring (bicyclic) bond motifs is 2. The lowest BCUT2D eigenvalue weighted by atomic mass is 9.98. The van der Waals surface area contributed by atoms with E-state index in [1.54, 1.807) is 25.2 Å². The molecule has 1 aliphatic heterocycles. The van der Waals surface area contributed by atoms with Crippen LogP contribution < -0.4 is 14.9 Å². The molecule has 1 atom stereocenters. The number of benzene rings is 2. The molecule has 30 heavy (non-hydrogen) atoms. The Hall–Kier alpha value is -2.99. The fourth-order valence-corrected chi connectivity index (χ4v) is 3.92. The molecule has 1 aliphatic rings. The van der Waals surface area contributed by atoms with Gasteiger partial charge in [-0.2, -0.15) is 0 Å². The zero-order valence-electron chi connectivity index (χ0n) is 17.0. The van der Waals surface area contributed by atoms with Crippen molar-refractivity contribution in [1.29, 1.82) is 0 Å². The quantitative estimate of drug-likeness (QED) is 0.564. The number of nitrogens with zero attached hydrogens (tertiary/aromatic N) is 1. The third kappa shape index (κ3) is 3.31. The molecule has 1 aromatic heterocycles. The van der Waals surface area contributed by atoms with E-state index in [9.17, 15) is 9.59 Å². The highest BCUT2D eigenvalue weighted by atomic mass is 35.5. The van der Waals surface area contributed by atoms with E-state index in [0.29, 0.717) is 46.3 Å². The minimum atomic E-state index is -0.591. The molecule has 0 fully saturated rings. The molecule has 1 amide bonds. The van der Waals surface area contributed by atoms with Crippen LogP contribution in [0.5, 0.6) is 11.5 Å². The van der Waals surface area contributed by atoms with Crippen molar-refractivity contribution in [3.8, 4) is 11.5 Å². The van der Waals surface area contributed by atoms with Crippen molar-refractivity contribution in [3.63, 3.8) is 0 Å². The van der Waals surface area contributed by atoms with Crippen molar-refractivity contribution >= 4 is 28.5 Å². The van der Waals surface area contributed by atoms with Crippen LogP contribution in [0.25, 0.3) is 11.0 Å². The number of ether oxygens (including phenoxy) is 2. The normalized spacial score (nSPS) is 15.5. The smallest absolute Gasteiger partial charge is 0.290 e. The van der Waals surface area contributed by atoms with Gasteiger partial charge in [-0.05, 0) is 49.2 Å². The number of hydrogen-bond acceptors (Lipinski definition) is 5. The van der Waals surface area contributed by atoms with E-state index >= 15 is 0 Å². The molecule has 3 aromatic rings. The first-order chi connectivity index (χ1) is 14.5. The summed E-state index contributed by atoms with van der Waals surface area (Å²) in [7, 11) is 1.65. The maximum absolute atomic E-state index is 13.3. The van der Waals surface area contributed by atoms with Gasteiger partial charge in [-0.1, -0.05) is 24.6 Å². The Kier molecular flexibility index (Phi) is 5.43. The second kappa shape index (κ2) is 8.03. The first-order valence-electron chi connectivity index (χ1n) is 9.89. The highest BCUT2D eigenvalue weighted by Crippen LogP contribution is 2.40. The molecule has 6 nitrogen and oxygen atoms in total. The Bertz CT molecular complexity index is 1190. The standard InChI is InChI=1S/C23H22ClNO5/c1-4-10-29-17-8-6-13(11-18(17)28-5-2)20-19-21(26)15-12-14(24)7-9-16(15)30-22(19)23(27)25(20)3/h6-9,11-12,20H,4-5,10H2,1-3H3. The fraction of sp³-hybridized carbons (Fsp3) is 0.304. The molecule has 2 aromatic carbocycles. The molecular weight excluding hydrogens is 406 g/mol. The average Bonchev–Trinajstić information content (AvgIpc) is 2.99. The average molecular weight is 428 g/mol. The van der Waals surface area contributed by atoms with Crippen LogP contribution in [0.4, 0.5) is 0 Å². The van der Waals surface area contributed by atoms with Gasteiger partial charge in [0.25, 0.3) is 5.91 Å². The largest absolute Gasteiger partial charge is 0.490 e. The molecule has 2 heterocycles. The van der Waals surface area contributed by atoms with Crippen LogP contribution in [0, 0.1) is 0 Å². The van der Waals surface area contributed by atoms with Crippen molar-refractivity contribution in [3.05, 3.63) is 68.5 Å². The fourth-order valence-electron chi connectivity index (χ4n) is 3.74. The van der Waals surface area contributed by atoms with Gasteiger partial charge >= 0.3 is 0 Å². The lowest BCUT2D eigenvalue weighted by molar-refractivity contribution is 0.0771. The van der Waals surface area contributed by atoms with E-state index in [1.165, 1.54) is 4.90 Å². The molecule has 0 saturated heterocycles. The third-order valence-electron chi connectivity index (χ3n) is 5.11. The van der Waals surface area contributed by atoms with E-state index in [0.717, 1.165) is 12.0 Å². The van der Waals surface area contributed by atoms with Gasteiger partial charge in [-0.25, -0.2) is 0 Å². The van der Waals surface area contributed by atoms with Gasteiger partial charge in [-0.3, -0.25) is 9.59 Å². The second-order valence-electron chi connectivity index (χ2n) is 7.12. The second-order valence-corrected chi connectivity index (χ2v) is 7.56. The van der Waals surface area contributed by atoms with E-state index in [-0.39, 0.29) is 17.1 Å². The highest BCUT2D eigenvalue weighted by Gasteiger charge is 2.41. The van der Waals surface area contributed by atoms with Crippen molar-refractivity contribution < 1.29 is 18.7 Å². The summed E-state index contributed by atoms with van der Waals surface area (Å²) in [5, 5.41) is 0.780. The van der Waals surface area contributed by atoms with E-state index in [2.05, 4.69) is 0 Å². The summed E-state index contributed by atoms with van der Waals surface area (Å²) in [6, 6.07) is 9.68. The zero-order chi connectivity index (χ0) is 21.4. The van der Waals surface area contributed by atoms with E-state index in [1.807, 2.05) is 32.0 Å². The van der Waals surface area contributed by atoms with Crippen molar-refractivity contribution in [2.45, 2.75) is 26.3 Å². The molecule has 0 bridgehead atoms. The summed E-state index contributed by atoms with van der Waals surface area (Å²) in [5.74, 6) is 0.928. The summed E-state index contributed by atoms with van der Waals surface area (Å²) < 4.78 is 17.3. The number of halogens is 1. The Morgan fingerprint density at radius 2 is 1.87 bits per heavy atom. The molecule has 1 unspecified atom stereocenters. The Morgan fingerprint density at radius 3 is 2.60 bits per heavy atom. The number of hydrogen-bond donors (Lipinski definition) is 0. The molecule has 7 heteroatoms. The van der Waals surface area contributed by atoms with Gasteiger partial charge in [0.05, 0.1) is 30.2 Å². The van der Waals surface area contributed by atoms with E-state index in [4.69, 9.17) is 25.5 Å². The molecule has 0 radical (unpaired) electrons. The number of carbonyl (C=O) groups is 1. The SMILES string of the molecule is CCCOc1ccc(C2c3c(oc4ccc(Cl)cc4c3=O)C(=O)N2C)cc1OCC. The summed E-state index contributed by atoms with van der Waals surface area (Å²) >= 11 is 6.08. The Morgan fingerprint density at radius 1 is 1.07 bits per heavy atom. The predicted octanol–water partition coefficient (Wildman–Crippen LogP) is 4.81. The van der Waals surface area contributed by atoms with Gasteiger partial charge in [0, 0.05) is 12.1 Å². The van der Waals surface area contributed by atoms with Crippen LogP contribution in [-0.2, 0) is 0 Å². The minimum absolute atomic E-state index is 0.0617. The maximum Gasteiger partial charge on any atom is 0.290 e. The first kappa shape index (κ1) is 20.3. The molecule has 4 rings (SSSR count). The van der Waals surface area contributed by atoms with Crippen LogP contribution >= 0.6 is 11.6 Å². The molecular formula is C23H22ClNO5. The van der Waals surface area contributed by atoms with Crippen LogP contribution in [0.15, 0.2) is 45.6 Å². The monoisotopic (exact) mass is 427 g/mol. The predicted molar refractivity (Wildman–Crippen MR) is 115 cm³/mol. The van der Waals surface area contributed by atoms with Crippen molar-refractivity contribution in [1.82, 2.24) is 4.90 Å². The Balaban J connectivity index is 1.88. The Labute approximate surface area is 179 Å². The summed E-state index contributed by atoms with van der Waals surface area (Å²) in [6.07, 6.45) is 0.872. The van der Waals surface area contributed by atoms with Crippen LogP contribution in [0.3, 0.4) is 0 Å². The first-order valence-corrected chi connectivity index (χ1v) is 10.3. The topological polar surface area (TPSA) is 69.0 Å². The number of carbonyl (C=O) groups excluding carboxylic acids is 1. The van der Waals surface area contributed by atoms with Crippen molar-refractivity contribution in [2.75, 3.05) is 20.3 Å². The molecule has 0 spiro atoms. The lowest BCUT2D eigenvalue weighted by Gasteiger charge is -2.22. The van der Waals surface area contributed by atoms with Gasteiger partial charge in [-0.15, -0.1) is 0 Å². The zero-order valence-corrected chi connectivity index (χ0v) is 17.8. The van der Waals surface area contributed by atoms with Gasteiger partial charge < -0.3 is 18.8 Å². The van der Waals surface area contributed by atoms with Gasteiger partial charge in [0.2, 0.25) is 5.76 Å². The van der Waals surface area contributed by atoms with Crippen LogP contribution in [0.1, 0.15) is 48.0 Å². The molecule has 0 N–H and O–H groups in total. The summed E-state index contributed by atoms with van der Waals surface area (Å²) in [4.78, 5) is 27.7.